The van der Waals surface area contributed by atoms with Crippen molar-refractivity contribution in [2.24, 2.45) is 0 Å². The van der Waals surface area contributed by atoms with Gasteiger partial charge in [0.1, 0.15) is 13.2 Å². The van der Waals surface area contributed by atoms with Crippen LogP contribution in [0.5, 0.6) is 0 Å². The molecule has 0 radical (unpaired) electrons. The standard InChI is InChI=1S/C57H102O6/c1-4-7-10-13-16-19-22-24-25-26-27-28-29-30-31-33-35-38-41-44-47-50-56(59)62-53-54(52-61-55(58)49-46-43-40-37-34-21-18-15-12-9-6-3)63-57(60)51-48-45-42-39-36-32-23-20-17-14-11-8-5-2/h8,11,17,20,32,36,42,45,54H,4-7,9-10,12-16,18-19,21-31,33-35,37-41,43-44,46-53H2,1-3H3/b11-8-,20-17-,36-32-,45-42-. The van der Waals surface area contributed by atoms with Crippen LogP contribution in [0.25, 0.3) is 0 Å². The summed E-state index contributed by atoms with van der Waals surface area (Å²) >= 11 is 0. The Kier molecular flexibility index (Phi) is 49.8. The van der Waals surface area contributed by atoms with Crippen LogP contribution in [-0.4, -0.2) is 37.2 Å². The summed E-state index contributed by atoms with van der Waals surface area (Å²) in [6.07, 6.45) is 62.7. The quantitative estimate of drug-likeness (QED) is 0.0262. The predicted molar refractivity (Wildman–Crippen MR) is 270 cm³/mol. The second-order valence-electron chi connectivity index (χ2n) is 18.1. The third-order valence-corrected chi connectivity index (χ3v) is 11.9. The molecule has 0 aliphatic rings. The zero-order valence-electron chi connectivity index (χ0n) is 41.8. The molecular weight excluding hydrogens is 781 g/mol. The first-order valence-corrected chi connectivity index (χ1v) is 27.1. The highest BCUT2D eigenvalue weighted by Crippen LogP contribution is 2.16. The topological polar surface area (TPSA) is 78.9 Å². The minimum absolute atomic E-state index is 0.0977. The van der Waals surface area contributed by atoms with Gasteiger partial charge < -0.3 is 14.2 Å². The maximum absolute atomic E-state index is 12.7. The van der Waals surface area contributed by atoms with Gasteiger partial charge in [0.25, 0.3) is 0 Å². The summed E-state index contributed by atoms with van der Waals surface area (Å²) in [5, 5.41) is 0. The molecule has 0 N–H and O–H groups in total. The summed E-state index contributed by atoms with van der Waals surface area (Å²) in [5.41, 5.74) is 0. The van der Waals surface area contributed by atoms with Gasteiger partial charge in [0.15, 0.2) is 6.10 Å². The van der Waals surface area contributed by atoms with Crippen LogP contribution in [0.4, 0.5) is 0 Å². The molecule has 0 amide bonds. The molecule has 0 fully saturated rings. The SMILES string of the molecule is CC/C=C\C/C=C\C/C=C\C/C=C\CCC(=O)OC(COC(=O)CCCCCCCCCCCCC)COC(=O)CCCCCCCCCCCCCCCCCCCCCCC. The third-order valence-electron chi connectivity index (χ3n) is 11.9. The van der Waals surface area contributed by atoms with Crippen LogP contribution in [0.1, 0.15) is 278 Å². The van der Waals surface area contributed by atoms with Gasteiger partial charge in [0, 0.05) is 19.3 Å². The summed E-state index contributed by atoms with van der Waals surface area (Å²) in [4.78, 5) is 37.9. The van der Waals surface area contributed by atoms with Gasteiger partial charge in [-0.25, -0.2) is 0 Å². The number of allylic oxidation sites excluding steroid dienone is 8. The molecule has 6 nitrogen and oxygen atoms in total. The van der Waals surface area contributed by atoms with Crippen molar-refractivity contribution in [3.8, 4) is 0 Å². The predicted octanol–water partition coefficient (Wildman–Crippen LogP) is 17.9. The molecule has 0 aliphatic carbocycles. The molecule has 0 rings (SSSR count). The number of hydrogen-bond donors (Lipinski definition) is 0. The fraction of sp³-hybridized carbons (Fsp3) is 0.807. The van der Waals surface area contributed by atoms with Gasteiger partial charge in [-0.1, -0.05) is 262 Å². The largest absolute Gasteiger partial charge is 0.462 e. The Hall–Kier alpha value is -2.63. The number of hydrogen-bond acceptors (Lipinski definition) is 6. The van der Waals surface area contributed by atoms with Crippen molar-refractivity contribution in [3.63, 3.8) is 0 Å². The Morgan fingerprint density at radius 3 is 0.937 bits per heavy atom. The molecule has 0 bridgehead atoms. The van der Waals surface area contributed by atoms with Crippen LogP contribution < -0.4 is 0 Å². The molecule has 0 heterocycles. The Balaban J connectivity index is 4.30. The molecule has 63 heavy (non-hydrogen) atoms. The Morgan fingerprint density at radius 2 is 0.619 bits per heavy atom. The van der Waals surface area contributed by atoms with Gasteiger partial charge in [-0.05, 0) is 44.9 Å². The average molecular weight is 883 g/mol. The van der Waals surface area contributed by atoms with E-state index in [-0.39, 0.29) is 37.5 Å². The lowest BCUT2D eigenvalue weighted by Gasteiger charge is -2.18. The second-order valence-corrected chi connectivity index (χ2v) is 18.1. The second kappa shape index (κ2) is 52.0. The first kappa shape index (κ1) is 60.4. The molecule has 0 spiro atoms. The van der Waals surface area contributed by atoms with Crippen molar-refractivity contribution in [1.29, 1.82) is 0 Å². The molecule has 0 aromatic heterocycles. The van der Waals surface area contributed by atoms with Crippen molar-refractivity contribution in [2.75, 3.05) is 13.2 Å². The molecule has 0 aromatic carbocycles. The van der Waals surface area contributed by atoms with E-state index in [1.165, 1.54) is 167 Å². The Labute approximate surface area is 390 Å². The van der Waals surface area contributed by atoms with Crippen molar-refractivity contribution in [2.45, 2.75) is 284 Å². The summed E-state index contributed by atoms with van der Waals surface area (Å²) in [6.45, 7) is 6.48. The van der Waals surface area contributed by atoms with Crippen molar-refractivity contribution < 1.29 is 28.6 Å². The maximum atomic E-state index is 12.7. The van der Waals surface area contributed by atoms with Crippen molar-refractivity contribution >= 4 is 17.9 Å². The van der Waals surface area contributed by atoms with Crippen LogP contribution in [0, 0.1) is 0 Å². The Morgan fingerprint density at radius 1 is 0.333 bits per heavy atom. The van der Waals surface area contributed by atoms with Crippen LogP contribution in [0.15, 0.2) is 48.6 Å². The fourth-order valence-corrected chi connectivity index (χ4v) is 7.81. The molecule has 1 atom stereocenters. The minimum atomic E-state index is -0.806. The van der Waals surface area contributed by atoms with Gasteiger partial charge in [-0.2, -0.15) is 0 Å². The van der Waals surface area contributed by atoms with E-state index in [0.29, 0.717) is 19.3 Å². The highest BCUT2D eigenvalue weighted by molar-refractivity contribution is 5.71. The van der Waals surface area contributed by atoms with Crippen molar-refractivity contribution in [3.05, 3.63) is 48.6 Å². The number of esters is 3. The smallest absolute Gasteiger partial charge is 0.306 e. The lowest BCUT2D eigenvalue weighted by molar-refractivity contribution is -0.166. The lowest BCUT2D eigenvalue weighted by atomic mass is 10.0. The van der Waals surface area contributed by atoms with E-state index in [4.69, 9.17) is 14.2 Å². The number of unbranched alkanes of at least 4 members (excludes halogenated alkanes) is 30. The zero-order valence-corrected chi connectivity index (χ0v) is 41.8. The van der Waals surface area contributed by atoms with E-state index in [1.807, 2.05) is 6.08 Å². The van der Waals surface area contributed by atoms with E-state index in [1.54, 1.807) is 0 Å². The van der Waals surface area contributed by atoms with Crippen molar-refractivity contribution in [1.82, 2.24) is 0 Å². The molecular formula is C57H102O6. The normalized spacial score (nSPS) is 12.4. The van der Waals surface area contributed by atoms with E-state index < -0.39 is 6.10 Å². The summed E-state index contributed by atoms with van der Waals surface area (Å²) in [5.74, 6) is -0.970. The average Bonchev–Trinajstić information content (AvgIpc) is 3.28. The van der Waals surface area contributed by atoms with E-state index >= 15 is 0 Å². The molecule has 6 heteroatoms. The molecule has 0 saturated heterocycles. The summed E-state index contributed by atoms with van der Waals surface area (Å²) < 4.78 is 16.7. The van der Waals surface area contributed by atoms with Crippen LogP contribution >= 0.6 is 0 Å². The zero-order chi connectivity index (χ0) is 45.8. The first-order valence-electron chi connectivity index (χ1n) is 27.1. The van der Waals surface area contributed by atoms with E-state index in [9.17, 15) is 14.4 Å². The maximum Gasteiger partial charge on any atom is 0.306 e. The van der Waals surface area contributed by atoms with E-state index in [2.05, 4.69) is 63.3 Å². The molecule has 0 aromatic rings. The number of carbonyl (C=O) groups is 3. The van der Waals surface area contributed by atoms with E-state index in [0.717, 1.165) is 64.2 Å². The summed E-state index contributed by atoms with van der Waals surface area (Å²) in [6, 6.07) is 0. The third kappa shape index (κ3) is 50.2. The van der Waals surface area contributed by atoms with Gasteiger partial charge in [0.05, 0.1) is 0 Å². The minimum Gasteiger partial charge on any atom is -0.462 e. The number of ether oxygens (including phenoxy) is 3. The molecule has 0 saturated carbocycles. The molecule has 1 unspecified atom stereocenters. The van der Waals surface area contributed by atoms with Crippen LogP contribution in [-0.2, 0) is 28.6 Å². The lowest BCUT2D eigenvalue weighted by Crippen LogP contribution is -2.30. The number of carbonyl (C=O) groups excluding carboxylic acids is 3. The first-order chi connectivity index (χ1) is 31.0. The fourth-order valence-electron chi connectivity index (χ4n) is 7.81. The molecule has 0 aliphatic heterocycles. The monoisotopic (exact) mass is 883 g/mol. The highest BCUT2D eigenvalue weighted by Gasteiger charge is 2.19. The van der Waals surface area contributed by atoms with Gasteiger partial charge >= 0.3 is 17.9 Å². The Bertz CT molecular complexity index is 1110. The van der Waals surface area contributed by atoms with Gasteiger partial charge in [-0.15, -0.1) is 0 Å². The van der Waals surface area contributed by atoms with Gasteiger partial charge in [-0.3, -0.25) is 14.4 Å². The highest BCUT2D eigenvalue weighted by atomic mass is 16.6. The van der Waals surface area contributed by atoms with Crippen LogP contribution in [0.3, 0.4) is 0 Å². The molecule has 366 valence electrons. The van der Waals surface area contributed by atoms with Crippen LogP contribution in [0.2, 0.25) is 0 Å². The summed E-state index contributed by atoms with van der Waals surface area (Å²) in [7, 11) is 0. The van der Waals surface area contributed by atoms with Gasteiger partial charge in [0.2, 0.25) is 0 Å². The number of rotatable bonds is 49.